The lowest BCUT2D eigenvalue weighted by atomic mass is 9.92. The molecule has 4 rings (SSSR count). The highest BCUT2D eigenvalue weighted by Crippen LogP contribution is 2.18. The molecule has 3 aromatic rings. The molecule has 196 valence electrons. The van der Waals surface area contributed by atoms with Gasteiger partial charge in [0.25, 0.3) is 5.91 Å². The summed E-state index contributed by atoms with van der Waals surface area (Å²) in [5, 5.41) is 18.6. The maximum Gasteiger partial charge on any atom is 0.268 e. The Balaban J connectivity index is 0.00000241. The summed E-state index contributed by atoms with van der Waals surface area (Å²) >= 11 is 0. The number of nitriles is 1. The molecule has 1 aliphatic heterocycles. The number of nitrogens with one attached hydrogen (secondary N) is 4. The second-order valence-electron chi connectivity index (χ2n) is 8.68. The van der Waals surface area contributed by atoms with Gasteiger partial charge in [0.2, 0.25) is 11.8 Å². The van der Waals surface area contributed by atoms with Crippen LogP contribution in [0.2, 0.25) is 0 Å². The smallest absolute Gasteiger partial charge is 0.268 e. The van der Waals surface area contributed by atoms with E-state index in [1.807, 2.05) is 30.3 Å². The monoisotopic (exact) mass is 543 g/mol. The zero-order valence-electron chi connectivity index (χ0n) is 20.0. The molecule has 4 N–H and O–H groups in total. The Morgan fingerprint density at radius 2 is 1.84 bits per heavy atom. The average Bonchev–Trinajstić information content (AvgIpc) is 3.30. The van der Waals surface area contributed by atoms with Crippen LogP contribution in [0.1, 0.15) is 35.3 Å². The molecule has 0 spiro atoms. The van der Waals surface area contributed by atoms with Gasteiger partial charge in [-0.3, -0.25) is 14.4 Å². The summed E-state index contributed by atoms with van der Waals surface area (Å²) in [6.07, 6.45) is 1.75. The first kappa shape index (κ1) is 29.7. The van der Waals surface area contributed by atoms with Crippen molar-refractivity contribution in [3.8, 4) is 6.07 Å². The van der Waals surface area contributed by atoms with Gasteiger partial charge in [-0.1, -0.05) is 30.3 Å². The van der Waals surface area contributed by atoms with Crippen molar-refractivity contribution >= 4 is 55.6 Å². The number of hydrogen-bond acceptors (Lipinski definition) is 4. The van der Waals surface area contributed by atoms with Crippen LogP contribution in [-0.4, -0.2) is 41.3 Å². The number of amides is 3. The van der Waals surface area contributed by atoms with Crippen molar-refractivity contribution < 1.29 is 18.8 Å². The highest BCUT2D eigenvalue weighted by atomic mass is 32.1. The van der Waals surface area contributed by atoms with Crippen LogP contribution in [0.25, 0.3) is 10.9 Å². The summed E-state index contributed by atoms with van der Waals surface area (Å²) in [5.41, 5.74) is 1.72. The van der Waals surface area contributed by atoms with Gasteiger partial charge in [-0.2, -0.15) is 32.3 Å². The molecule has 2 aromatic carbocycles. The standard InChI is InChI=1S/C26H26FN5O3.2H2S/c27-19-9-7-16(8-10-19)12-22(32-26(35)23-14-17-4-1-2-6-21(17)31-23)25(34)30-20(15-28)13-18-5-3-11-29-24(18)33;;/h1-2,4,6-10,14,18,20,22,31H,3,5,11-13H2,(H,29,33)(H,30,34)(H,32,35);2*1H2/t18?,20-,22-;;/m0../s1. The van der Waals surface area contributed by atoms with Gasteiger partial charge in [0, 0.05) is 29.8 Å². The molecule has 1 fully saturated rings. The number of aromatic nitrogens is 1. The Morgan fingerprint density at radius 1 is 1.11 bits per heavy atom. The highest BCUT2D eigenvalue weighted by Gasteiger charge is 2.29. The van der Waals surface area contributed by atoms with Gasteiger partial charge in [-0.05, 0) is 49.1 Å². The van der Waals surface area contributed by atoms with E-state index in [2.05, 4.69) is 20.9 Å². The molecule has 3 amide bonds. The predicted octanol–water partition coefficient (Wildman–Crippen LogP) is 2.80. The van der Waals surface area contributed by atoms with Crippen molar-refractivity contribution in [1.29, 1.82) is 5.26 Å². The Bertz CT molecular complexity index is 1240. The van der Waals surface area contributed by atoms with Gasteiger partial charge >= 0.3 is 0 Å². The number of H-pyrrole nitrogens is 1. The van der Waals surface area contributed by atoms with E-state index in [1.165, 1.54) is 12.1 Å². The molecule has 1 saturated heterocycles. The van der Waals surface area contributed by atoms with Gasteiger partial charge in [-0.25, -0.2) is 4.39 Å². The second kappa shape index (κ2) is 13.7. The molecule has 0 saturated carbocycles. The zero-order chi connectivity index (χ0) is 24.8. The van der Waals surface area contributed by atoms with E-state index in [4.69, 9.17) is 0 Å². The maximum atomic E-state index is 13.4. The summed E-state index contributed by atoms with van der Waals surface area (Å²) in [6, 6.07) is 14.9. The number of hydrogen-bond donors (Lipinski definition) is 4. The van der Waals surface area contributed by atoms with Crippen LogP contribution in [0, 0.1) is 23.1 Å². The van der Waals surface area contributed by atoms with Crippen LogP contribution in [0.4, 0.5) is 4.39 Å². The van der Waals surface area contributed by atoms with Crippen LogP contribution in [0.15, 0.2) is 54.6 Å². The summed E-state index contributed by atoms with van der Waals surface area (Å²) < 4.78 is 13.4. The minimum atomic E-state index is -1.02. The molecule has 1 unspecified atom stereocenters. The van der Waals surface area contributed by atoms with Gasteiger partial charge in [0.15, 0.2) is 0 Å². The van der Waals surface area contributed by atoms with Crippen LogP contribution in [0.5, 0.6) is 0 Å². The third-order valence-electron chi connectivity index (χ3n) is 6.14. The van der Waals surface area contributed by atoms with Crippen molar-refractivity contribution in [2.45, 2.75) is 37.8 Å². The van der Waals surface area contributed by atoms with E-state index in [0.29, 0.717) is 24.2 Å². The third kappa shape index (κ3) is 7.74. The molecule has 2 heterocycles. The van der Waals surface area contributed by atoms with E-state index < -0.39 is 29.7 Å². The van der Waals surface area contributed by atoms with Crippen molar-refractivity contribution in [2.75, 3.05) is 6.54 Å². The van der Waals surface area contributed by atoms with Crippen LogP contribution in [0.3, 0.4) is 0 Å². The normalized spacial score (nSPS) is 16.2. The Kier molecular flexibility index (Phi) is 11.0. The second-order valence-corrected chi connectivity index (χ2v) is 8.68. The summed E-state index contributed by atoms with van der Waals surface area (Å²) in [6.45, 7) is 0.610. The van der Waals surface area contributed by atoms with Crippen molar-refractivity contribution in [3.63, 3.8) is 0 Å². The molecule has 37 heavy (non-hydrogen) atoms. The molecule has 0 radical (unpaired) electrons. The number of carbonyl (C=O) groups is 3. The molecule has 1 aromatic heterocycles. The molecule has 3 atom stereocenters. The Morgan fingerprint density at radius 3 is 2.51 bits per heavy atom. The lowest BCUT2D eigenvalue weighted by molar-refractivity contribution is -0.128. The van der Waals surface area contributed by atoms with E-state index in [0.717, 1.165) is 17.3 Å². The van der Waals surface area contributed by atoms with Gasteiger partial charge in [0.05, 0.1) is 6.07 Å². The topological polar surface area (TPSA) is 127 Å². The number of carbonyl (C=O) groups excluding carboxylic acids is 3. The van der Waals surface area contributed by atoms with Crippen LogP contribution >= 0.6 is 27.0 Å². The van der Waals surface area contributed by atoms with E-state index in [9.17, 15) is 24.0 Å². The number of rotatable bonds is 8. The van der Waals surface area contributed by atoms with Gasteiger partial charge in [-0.15, -0.1) is 0 Å². The Hall–Kier alpha value is -3.49. The average molecular weight is 544 g/mol. The summed E-state index contributed by atoms with van der Waals surface area (Å²) in [7, 11) is 0. The maximum absolute atomic E-state index is 13.4. The van der Waals surface area contributed by atoms with E-state index >= 15 is 0 Å². The molecule has 0 aliphatic carbocycles. The van der Waals surface area contributed by atoms with Gasteiger partial charge < -0.3 is 20.9 Å². The quantitative estimate of drug-likeness (QED) is 0.348. The summed E-state index contributed by atoms with van der Waals surface area (Å²) in [5.74, 6) is -1.93. The minimum Gasteiger partial charge on any atom is -0.356 e. The highest BCUT2D eigenvalue weighted by molar-refractivity contribution is 7.59. The Labute approximate surface area is 228 Å². The van der Waals surface area contributed by atoms with Crippen molar-refractivity contribution in [1.82, 2.24) is 20.9 Å². The number of halogens is 1. The molecule has 8 nitrogen and oxygen atoms in total. The van der Waals surface area contributed by atoms with Crippen molar-refractivity contribution in [3.05, 3.63) is 71.7 Å². The number of fused-ring (bicyclic) bond motifs is 1. The molecule has 1 aliphatic rings. The van der Waals surface area contributed by atoms with E-state index in [1.54, 1.807) is 18.2 Å². The summed E-state index contributed by atoms with van der Waals surface area (Å²) in [4.78, 5) is 41.3. The molecular weight excluding hydrogens is 513 g/mol. The number of nitrogens with zero attached hydrogens (tertiary/aromatic N) is 1. The number of piperidine rings is 1. The van der Waals surface area contributed by atoms with E-state index in [-0.39, 0.29) is 51.7 Å². The van der Waals surface area contributed by atoms with Crippen LogP contribution in [-0.2, 0) is 16.0 Å². The lowest BCUT2D eigenvalue weighted by Crippen LogP contribution is -2.51. The SMILES string of the molecule is N#C[C@H](CC1CCCNC1=O)NC(=O)[C@H](Cc1ccc(F)cc1)NC(=O)c1cc2ccccc2[nH]1.S.S. The number of aromatic amines is 1. The fourth-order valence-corrected chi connectivity index (χ4v) is 4.26. The minimum absolute atomic E-state index is 0. The molecular formula is C26H30FN5O3S2. The van der Waals surface area contributed by atoms with Crippen LogP contribution < -0.4 is 16.0 Å². The first-order valence-corrected chi connectivity index (χ1v) is 11.5. The zero-order valence-corrected chi connectivity index (χ0v) is 22.0. The number of benzene rings is 2. The molecule has 11 heteroatoms. The van der Waals surface area contributed by atoms with Crippen molar-refractivity contribution in [2.24, 2.45) is 5.92 Å². The lowest BCUT2D eigenvalue weighted by Gasteiger charge is -2.25. The fraction of sp³-hybridized carbons (Fsp3) is 0.308. The first-order valence-electron chi connectivity index (χ1n) is 11.5. The van der Waals surface area contributed by atoms with Gasteiger partial charge in [0.1, 0.15) is 23.6 Å². The third-order valence-corrected chi connectivity index (χ3v) is 6.14. The largest absolute Gasteiger partial charge is 0.356 e. The molecule has 0 bridgehead atoms. The fourth-order valence-electron chi connectivity index (χ4n) is 4.26. The first-order chi connectivity index (χ1) is 16.9. The number of para-hydroxylation sites is 1. The predicted molar refractivity (Wildman–Crippen MR) is 148 cm³/mol.